The Labute approximate surface area is 204 Å². The Morgan fingerprint density at radius 3 is 2.14 bits per heavy atom. The molecule has 2 aromatic carbocycles. The predicted octanol–water partition coefficient (Wildman–Crippen LogP) is 6.37. The SMILES string of the molecule is CC(C)CN(CC(C)C)c1cccc(OC(=O)C2CC2)c1NC(=O)Nc1ccc(OC(F)F)cc1. The Kier molecular flexibility index (Phi) is 8.89. The second-order valence-electron chi connectivity index (χ2n) is 9.52. The van der Waals surface area contributed by atoms with E-state index in [9.17, 15) is 18.4 Å². The van der Waals surface area contributed by atoms with Crippen LogP contribution in [0.3, 0.4) is 0 Å². The fraction of sp³-hybridized carbons (Fsp3) is 0.462. The molecule has 190 valence electrons. The van der Waals surface area contributed by atoms with Gasteiger partial charge in [0.1, 0.15) is 11.4 Å². The molecule has 0 heterocycles. The van der Waals surface area contributed by atoms with Gasteiger partial charge in [-0.1, -0.05) is 33.8 Å². The molecular formula is C26H33F2N3O4. The minimum absolute atomic E-state index is 0.0106. The van der Waals surface area contributed by atoms with E-state index < -0.39 is 12.6 Å². The van der Waals surface area contributed by atoms with Gasteiger partial charge in [0.2, 0.25) is 0 Å². The first-order chi connectivity index (χ1) is 16.6. The zero-order valence-corrected chi connectivity index (χ0v) is 20.5. The van der Waals surface area contributed by atoms with Gasteiger partial charge in [-0.25, -0.2) is 4.79 Å². The van der Waals surface area contributed by atoms with Gasteiger partial charge < -0.3 is 25.0 Å². The standard InChI is InChI=1S/C26H33F2N3O4/c1-16(2)14-31(15-17(3)4)21-6-5-7-22(35-24(32)18-8-9-18)23(21)30-26(33)29-19-10-12-20(13-11-19)34-25(27)28/h5-7,10-13,16-18,25H,8-9,14-15H2,1-4H3,(H2,29,30,33). The highest BCUT2D eigenvalue weighted by molar-refractivity contribution is 6.03. The van der Waals surface area contributed by atoms with E-state index >= 15 is 0 Å². The molecule has 35 heavy (non-hydrogen) atoms. The lowest BCUT2D eigenvalue weighted by molar-refractivity contribution is -0.135. The number of ether oxygens (including phenoxy) is 2. The third kappa shape index (κ3) is 8.12. The van der Waals surface area contributed by atoms with Crippen LogP contribution < -0.4 is 25.0 Å². The van der Waals surface area contributed by atoms with Crippen LogP contribution in [0.1, 0.15) is 40.5 Å². The number of hydrogen-bond donors (Lipinski definition) is 2. The molecule has 1 fully saturated rings. The number of nitrogens with zero attached hydrogens (tertiary/aromatic N) is 1. The lowest BCUT2D eigenvalue weighted by atomic mass is 10.1. The number of benzene rings is 2. The molecule has 3 rings (SSSR count). The van der Waals surface area contributed by atoms with Crippen molar-refractivity contribution in [3.63, 3.8) is 0 Å². The Morgan fingerprint density at radius 2 is 1.60 bits per heavy atom. The molecule has 0 spiro atoms. The van der Waals surface area contributed by atoms with E-state index in [0.29, 0.717) is 23.2 Å². The van der Waals surface area contributed by atoms with Crippen molar-refractivity contribution in [3.05, 3.63) is 42.5 Å². The monoisotopic (exact) mass is 489 g/mol. The number of amides is 2. The Hall–Kier alpha value is -3.36. The van der Waals surface area contributed by atoms with Crippen LogP contribution in [-0.4, -0.2) is 31.7 Å². The Morgan fingerprint density at radius 1 is 0.971 bits per heavy atom. The van der Waals surface area contributed by atoms with Crippen LogP contribution in [-0.2, 0) is 4.79 Å². The van der Waals surface area contributed by atoms with E-state index in [1.807, 2.05) is 12.1 Å². The summed E-state index contributed by atoms with van der Waals surface area (Å²) in [5.41, 5.74) is 1.54. The van der Waals surface area contributed by atoms with Crippen LogP contribution >= 0.6 is 0 Å². The summed E-state index contributed by atoms with van der Waals surface area (Å²) >= 11 is 0. The summed E-state index contributed by atoms with van der Waals surface area (Å²) in [6.07, 6.45) is 1.61. The van der Waals surface area contributed by atoms with E-state index in [4.69, 9.17) is 4.74 Å². The third-order valence-electron chi connectivity index (χ3n) is 5.21. The first-order valence-corrected chi connectivity index (χ1v) is 11.8. The Balaban J connectivity index is 1.86. The fourth-order valence-electron chi connectivity index (χ4n) is 3.65. The molecule has 9 heteroatoms. The normalized spacial score (nSPS) is 13.2. The predicted molar refractivity (Wildman–Crippen MR) is 132 cm³/mol. The van der Waals surface area contributed by atoms with Crippen molar-refractivity contribution in [2.75, 3.05) is 28.6 Å². The van der Waals surface area contributed by atoms with Gasteiger partial charge in [-0.05, 0) is 61.1 Å². The summed E-state index contributed by atoms with van der Waals surface area (Å²) in [6.45, 7) is 7.04. The number of rotatable bonds is 11. The van der Waals surface area contributed by atoms with Crippen LogP contribution in [0.25, 0.3) is 0 Å². The largest absolute Gasteiger partial charge is 0.435 e. The molecule has 0 aliphatic heterocycles. The first kappa shape index (κ1) is 26.2. The van der Waals surface area contributed by atoms with E-state index in [0.717, 1.165) is 31.6 Å². The first-order valence-electron chi connectivity index (χ1n) is 11.8. The molecule has 2 aromatic rings. The second-order valence-corrected chi connectivity index (χ2v) is 9.52. The Bertz CT molecular complexity index is 998. The number of carbonyl (C=O) groups excluding carboxylic acids is 2. The molecule has 7 nitrogen and oxygen atoms in total. The van der Waals surface area contributed by atoms with Crippen molar-refractivity contribution >= 4 is 29.1 Å². The molecule has 0 bridgehead atoms. The number of para-hydroxylation sites is 1. The summed E-state index contributed by atoms with van der Waals surface area (Å²) in [5.74, 6) is 0.594. The van der Waals surface area contributed by atoms with Crippen molar-refractivity contribution in [2.45, 2.75) is 47.1 Å². The molecule has 1 saturated carbocycles. The molecule has 1 aliphatic rings. The summed E-state index contributed by atoms with van der Waals surface area (Å²) in [7, 11) is 0. The van der Waals surface area contributed by atoms with Crippen molar-refractivity contribution in [1.82, 2.24) is 0 Å². The van der Waals surface area contributed by atoms with Crippen LogP contribution in [0.15, 0.2) is 42.5 Å². The average Bonchev–Trinajstić information content (AvgIpc) is 3.60. The van der Waals surface area contributed by atoms with Gasteiger partial charge in [-0.15, -0.1) is 0 Å². The van der Waals surface area contributed by atoms with E-state index in [-0.39, 0.29) is 23.4 Å². The summed E-state index contributed by atoms with van der Waals surface area (Å²) in [4.78, 5) is 27.5. The van der Waals surface area contributed by atoms with Crippen molar-refractivity contribution in [2.24, 2.45) is 17.8 Å². The second kappa shape index (κ2) is 11.9. The number of anilines is 3. The van der Waals surface area contributed by atoms with Crippen LogP contribution in [0.4, 0.5) is 30.6 Å². The number of carbonyl (C=O) groups is 2. The quantitative estimate of drug-likeness (QED) is 0.283. The molecule has 0 atom stereocenters. The van der Waals surface area contributed by atoms with E-state index in [1.54, 1.807) is 6.07 Å². The number of esters is 1. The minimum Gasteiger partial charge on any atom is -0.435 e. The smallest absolute Gasteiger partial charge is 0.387 e. The van der Waals surface area contributed by atoms with Gasteiger partial charge in [0, 0.05) is 18.8 Å². The van der Waals surface area contributed by atoms with Gasteiger partial charge in [-0.3, -0.25) is 4.79 Å². The molecule has 1 aliphatic carbocycles. The minimum atomic E-state index is -2.93. The highest BCUT2D eigenvalue weighted by Crippen LogP contribution is 2.38. The van der Waals surface area contributed by atoms with Gasteiger partial charge in [0.05, 0.1) is 11.6 Å². The molecule has 0 unspecified atom stereocenters. The van der Waals surface area contributed by atoms with E-state index in [2.05, 4.69) is 48.0 Å². The van der Waals surface area contributed by atoms with E-state index in [1.165, 1.54) is 24.3 Å². The van der Waals surface area contributed by atoms with Crippen LogP contribution in [0, 0.1) is 17.8 Å². The van der Waals surface area contributed by atoms with Crippen molar-refractivity contribution in [1.29, 1.82) is 0 Å². The average molecular weight is 490 g/mol. The molecular weight excluding hydrogens is 456 g/mol. The summed E-state index contributed by atoms with van der Waals surface area (Å²) in [6, 6.07) is 10.4. The summed E-state index contributed by atoms with van der Waals surface area (Å²) < 4.78 is 34.8. The molecule has 0 radical (unpaired) electrons. The maximum Gasteiger partial charge on any atom is 0.387 e. The van der Waals surface area contributed by atoms with Gasteiger partial charge >= 0.3 is 18.6 Å². The lowest BCUT2D eigenvalue weighted by Crippen LogP contribution is -2.33. The zero-order valence-electron chi connectivity index (χ0n) is 20.5. The van der Waals surface area contributed by atoms with Gasteiger partial charge in [-0.2, -0.15) is 8.78 Å². The molecule has 0 aromatic heterocycles. The number of nitrogens with one attached hydrogen (secondary N) is 2. The number of hydrogen-bond acceptors (Lipinski definition) is 5. The zero-order chi connectivity index (χ0) is 25.5. The summed E-state index contributed by atoms with van der Waals surface area (Å²) in [5, 5.41) is 5.53. The number of halogens is 2. The third-order valence-corrected chi connectivity index (χ3v) is 5.21. The maximum atomic E-state index is 12.9. The lowest BCUT2D eigenvalue weighted by Gasteiger charge is -2.31. The fourth-order valence-corrected chi connectivity index (χ4v) is 3.65. The molecule has 0 saturated heterocycles. The highest BCUT2D eigenvalue weighted by Gasteiger charge is 2.32. The number of urea groups is 1. The molecule has 2 N–H and O–H groups in total. The highest BCUT2D eigenvalue weighted by atomic mass is 19.3. The number of alkyl halides is 2. The van der Waals surface area contributed by atoms with Crippen molar-refractivity contribution in [3.8, 4) is 11.5 Å². The maximum absolute atomic E-state index is 12.9. The van der Waals surface area contributed by atoms with Crippen molar-refractivity contribution < 1.29 is 27.8 Å². The van der Waals surface area contributed by atoms with Crippen LogP contribution in [0.2, 0.25) is 0 Å². The topological polar surface area (TPSA) is 79.9 Å². The van der Waals surface area contributed by atoms with Crippen LogP contribution in [0.5, 0.6) is 11.5 Å². The van der Waals surface area contributed by atoms with Gasteiger partial charge in [0.25, 0.3) is 0 Å². The molecule has 2 amide bonds. The van der Waals surface area contributed by atoms with Gasteiger partial charge in [0.15, 0.2) is 5.75 Å².